The number of halogens is 2. The second-order valence-electron chi connectivity index (χ2n) is 2.91. The van der Waals surface area contributed by atoms with Crippen molar-refractivity contribution >= 4 is 24.8 Å². The van der Waals surface area contributed by atoms with Crippen LogP contribution in [0.15, 0.2) is 18.2 Å². The fourth-order valence-electron chi connectivity index (χ4n) is 1.48. The molecule has 1 aliphatic rings. The van der Waals surface area contributed by atoms with Gasteiger partial charge in [-0.3, -0.25) is 0 Å². The molecule has 0 radical (unpaired) electrons. The molecular formula is C9H14Cl2N2. The maximum absolute atomic E-state index is 5.52. The van der Waals surface area contributed by atoms with Crippen LogP contribution in [-0.2, 0) is 19.6 Å². The predicted octanol–water partition coefficient (Wildman–Crippen LogP) is 1.59. The summed E-state index contributed by atoms with van der Waals surface area (Å²) in [6.45, 7) is 2.66. The van der Waals surface area contributed by atoms with Crippen molar-refractivity contribution in [2.24, 2.45) is 5.73 Å². The van der Waals surface area contributed by atoms with Gasteiger partial charge in [0.15, 0.2) is 0 Å². The summed E-state index contributed by atoms with van der Waals surface area (Å²) >= 11 is 0. The molecule has 0 amide bonds. The van der Waals surface area contributed by atoms with Crippen molar-refractivity contribution in [3.63, 3.8) is 0 Å². The summed E-state index contributed by atoms with van der Waals surface area (Å²) in [7, 11) is 0. The third kappa shape index (κ3) is 2.58. The summed E-state index contributed by atoms with van der Waals surface area (Å²) in [5.74, 6) is 0. The fraction of sp³-hybridized carbons (Fsp3) is 0.333. The maximum atomic E-state index is 5.52. The number of fused-ring (bicyclic) bond motifs is 1. The van der Waals surface area contributed by atoms with Gasteiger partial charge in [-0.1, -0.05) is 18.2 Å². The topological polar surface area (TPSA) is 38.0 Å². The molecule has 1 aromatic carbocycles. The van der Waals surface area contributed by atoms with Crippen molar-refractivity contribution in [2.75, 3.05) is 0 Å². The van der Waals surface area contributed by atoms with E-state index in [4.69, 9.17) is 5.73 Å². The third-order valence-corrected chi connectivity index (χ3v) is 2.14. The van der Waals surface area contributed by atoms with Crippen LogP contribution in [-0.4, -0.2) is 0 Å². The molecule has 2 nitrogen and oxygen atoms in total. The highest BCUT2D eigenvalue weighted by molar-refractivity contribution is 5.85. The molecule has 0 unspecified atom stereocenters. The van der Waals surface area contributed by atoms with Gasteiger partial charge in [-0.15, -0.1) is 24.8 Å². The first kappa shape index (κ1) is 12.7. The fourth-order valence-corrected chi connectivity index (χ4v) is 1.48. The lowest BCUT2D eigenvalue weighted by Gasteiger charge is -2.00. The van der Waals surface area contributed by atoms with Crippen LogP contribution < -0.4 is 11.1 Å². The summed E-state index contributed by atoms with van der Waals surface area (Å²) < 4.78 is 0. The first-order valence-corrected chi connectivity index (χ1v) is 3.91. The van der Waals surface area contributed by atoms with Gasteiger partial charge in [-0.25, -0.2) is 0 Å². The molecular weight excluding hydrogens is 207 g/mol. The zero-order chi connectivity index (χ0) is 7.68. The number of hydrogen-bond donors (Lipinski definition) is 2. The number of benzene rings is 1. The molecule has 0 saturated carbocycles. The predicted molar refractivity (Wildman–Crippen MR) is 59.4 cm³/mol. The van der Waals surface area contributed by atoms with Crippen LogP contribution in [0.3, 0.4) is 0 Å². The molecule has 0 fully saturated rings. The lowest BCUT2D eigenvalue weighted by atomic mass is 10.1. The van der Waals surface area contributed by atoms with Gasteiger partial charge in [0, 0.05) is 19.6 Å². The van der Waals surface area contributed by atoms with Gasteiger partial charge in [0.25, 0.3) is 0 Å². The van der Waals surface area contributed by atoms with Crippen LogP contribution in [0.4, 0.5) is 0 Å². The van der Waals surface area contributed by atoms with Gasteiger partial charge < -0.3 is 11.1 Å². The van der Waals surface area contributed by atoms with Crippen molar-refractivity contribution < 1.29 is 0 Å². The summed E-state index contributed by atoms with van der Waals surface area (Å²) in [5.41, 5.74) is 9.58. The maximum Gasteiger partial charge on any atom is 0.0212 e. The Balaban J connectivity index is 0.000000720. The molecule has 0 aromatic heterocycles. The van der Waals surface area contributed by atoms with E-state index >= 15 is 0 Å². The van der Waals surface area contributed by atoms with E-state index in [0.29, 0.717) is 6.54 Å². The first-order chi connectivity index (χ1) is 5.40. The Morgan fingerprint density at radius 1 is 1.15 bits per heavy atom. The highest BCUT2D eigenvalue weighted by Gasteiger charge is 2.08. The van der Waals surface area contributed by atoms with Crippen molar-refractivity contribution in [2.45, 2.75) is 19.6 Å². The van der Waals surface area contributed by atoms with Crippen LogP contribution in [0.25, 0.3) is 0 Å². The smallest absolute Gasteiger partial charge is 0.0212 e. The van der Waals surface area contributed by atoms with Gasteiger partial charge in [0.05, 0.1) is 0 Å². The van der Waals surface area contributed by atoms with E-state index in [9.17, 15) is 0 Å². The standard InChI is InChI=1S/C9H12N2.2ClH/c10-4-7-1-2-8-5-11-6-9(8)3-7;;/h1-3,11H,4-6,10H2;2*1H. The quantitative estimate of drug-likeness (QED) is 0.755. The van der Waals surface area contributed by atoms with Crippen molar-refractivity contribution in [3.05, 3.63) is 34.9 Å². The molecule has 0 saturated heterocycles. The van der Waals surface area contributed by atoms with E-state index in [0.717, 1.165) is 13.1 Å². The zero-order valence-corrected chi connectivity index (χ0v) is 8.88. The second-order valence-corrected chi connectivity index (χ2v) is 2.91. The van der Waals surface area contributed by atoms with Crippen LogP contribution in [0.1, 0.15) is 16.7 Å². The Kier molecular flexibility index (Phi) is 5.33. The zero-order valence-electron chi connectivity index (χ0n) is 7.25. The van der Waals surface area contributed by atoms with Gasteiger partial charge in [0.2, 0.25) is 0 Å². The number of nitrogens with two attached hydrogens (primary N) is 1. The summed E-state index contributed by atoms with van der Waals surface area (Å²) in [4.78, 5) is 0. The third-order valence-electron chi connectivity index (χ3n) is 2.14. The highest BCUT2D eigenvalue weighted by atomic mass is 35.5. The minimum Gasteiger partial charge on any atom is -0.326 e. The van der Waals surface area contributed by atoms with Crippen LogP contribution in [0.5, 0.6) is 0 Å². The molecule has 3 N–H and O–H groups in total. The Labute approximate surface area is 90.7 Å². The van der Waals surface area contributed by atoms with E-state index in [1.807, 2.05) is 0 Å². The van der Waals surface area contributed by atoms with E-state index in [-0.39, 0.29) is 24.8 Å². The summed E-state index contributed by atoms with van der Waals surface area (Å²) in [6, 6.07) is 6.46. The Bertz CT molecular complexity index is 276. The molecule has 0 aliphatic carbocycles. The molecule has 2 rings (SSSR count). The van der Waals surface area contributed by atoms with Gasteiger partial charge >= 0.3 is 0 Å². The Morgan fingerprint density at radius 2 is 1.85 bits per heavy atom. The van der Waals surface area contributed by atoms with Gasteiger partial charge in [0.1, 0.15) is 0 Å². The highest BCUT2D eigenvalue weighted by Crippen LogP contribution is 2.16. The molecule has 0 atom stereocenters. The second kappa shape index (κ2) is 5.45. The molecule has 13 heavy (non-hydrogen) atoms. The molecule has 0 spiro atoms. The normalized spacial score (nSPS) is 12.7. The SMILES string of the molecule is Cl.Cl.NCc1ccc2c(c1)CNC2. The summed E-state index contributed by atoms with van der Waals surface area (Å²) in [6.07, 6.45) is 0. The number of rotatable bonds is 1. The lowest BCUT2D eigenvalue weighted by molar-refractivity contribution is 0.764. The van der Waals surface area contributed by atoms with E-state index in [1.54, 1.807) is 0 Å². The van der Waals surface area contributed by atoms with E-state index < -0.39 is 0 Å². The van der Waals surface area contributed by atoms with Crippen molar-refractivity contribution in [1.29, 1.82) is 0 Å². The number of hydrogen-bond acceptors (Lipinski definition) is 2. The monoisotopic (exact) mass is 220 g/mol. The Hall–Kier alpha value is -0.280. The lowest BCUT2D eigenvalue weighted by Crippen LogP contribution is -2.00. The van der Waals surface area contributed by atoms with Crippen molar-refractivity contribution in [3.8, 4) is 0 Å². The molecule has 0 bridgehead atoms. The molecule has 74 valence electrons. The molecule has 1 aliphatic heterocycles. The van der Waals surface area contributed by atoms with E-state index in [2.05, 4.69) is 23.5 Å². The average molecular weight is 221 g/mol. The largest absolute Gasteiger partial charge is 0.326 e. The van der Waals surface area contributed by atoms with Crippen LogP contribution >= 0.6 is 24.8 Å². The molecule has 4 heteroatoms. The summed E-state index contributed by atoms with van der Waals surface area (Å²) in [5, 5.41) is 3.30. The molecule has 1 heterocycles. The van der Waals surface area contributed by atoms with Crippen LogP contribution in [0.2, 0.25) is 0 Å². The minimum absolute atomic E-state index is 0. The molecule has 1 aromatic rings. The minimum atomic E-state index is 0. The number of nitrogens with one attached hydrogen (secondary N) is 1. The van der Waals surface area contributed by atoms with Crippen molar-refractivity contribution in [1.82, 2.24) is 5.32 Å². The first-order valence-electron chi connectivity index (χ1n) is 3.91. The Morgan fingerprint density at radius 3 is 2.54 bits per heavy atom. The van der Waals surface area contributed by atoms with E-state index in [1.165, 1.54) is 16.7 Å². The van der Waals surface area contributed by atoms with Gasteiger partial charge in [-0.2, -0.15) is 0 Å². The van der Waals surface area contributed by atoms with Crippen LogP contribution in [0, 0.1) is 0 Å². The van der Waals surface area contributed by atoms with Gasteiger partial charge in [-0.05, 0) is 16.7 Å². The average Bonchev–Trinajstić information content (AvgIpc) is 2.50.